The van der Waals surface area contributed by atoms with Crippen molar-refractivity contribution in [1.29, 1.82) is 0 Å². The molecule has 1 aromatic carbocycles. The molecule has 258 valence electrons. The molecule has 1 aliphatic heterocycles. The highest BCUT2D eigenvalue weighted by Crippen LogP contribution is 2.17. The van der Waals surface area contributed by atoms with E-state index in [2.05, 4.69) is 21.3 Å². The van der Waals surface area contributed by atoms with Crippen molar-refractivity contribution >= 4 is 47.4 Å². The predicted molar refractivity (Wildman–Crippen MR) is 162 cm³/mol. The Kier molecular flexibility index (Phi) is 15.2. The number of carbonyl (C=O) groups is 8. The van der Waals surface area contributed by atoms with Gasteiger partial charge in [0.1, 0.15) is 24.2 Å². The van der Waals surface area contributed by atoms with Gasteiger partial charge in [-0.2, -0.15) is 0 Å². The highest BCUT2D eigenvalue weighted by Gasteiger charge is 2.35. The van der Waals surface area contributed by atoms with Gasteiger partial charge in [-0.3, -0.25) is 33.6 Å². The number of nitrogens with one attached hydrogen (secondary N) is 4. The maximum Gasteiger partial charge on any atom is 0.326 e. The lowest BCUT2D eigenvalue weighted by atomic mass is 10.0. The first-order chi connectivity index (χ1) is 22.2. The van der Waals surface area contributed by atoms with Crippen molar-refractivity contribution in [3.8, 4) is 0 Å². The number of nitrogens with zero attached hydrogens (tertiary/aromatic N) is 1. The molecule has 1 aliphatic rings. The number of aliphatic hydroxyl groups is 1. The number of rotatable bonds is 19. The van der Waals surface area contributed by atoms with Gasteiger partial charge in [0.05, 0.1) is 19.2 Å². The number of likely N-dealkylation sites (tertiary alicyclic amines) is 1. The minimum absolute atomic E-state index is 0.0658. The lowest BCUT2D eigenvalue weighted by Crippen LogP contribution is -2.59. The number of primary amides is 1. The van der Waals surface area contributed by atoms with E-state index in [0.717, 1.165) is 4.90 Å². The minimum atomic E-state index is -1.61. The third-order valence-electron chi connectivity index (χ3n) is 7.32. The fourth-order valence-corrected chi connectivity index (χ4v) is 4.75. The molecule has 1 fully saturated rings. The smallest absolute Gasteiger partial charge is 0.326 e. The van der Waals surface area contributed by atoms with E-state index in [0.29, 0.717) is 12.0 Å². The fourth-order valence-electron chi connectivity index (χ4n) is 4.75. The lowest BCUT2D eigenvalue weighted by Gasteiger charge is -2.26. The van der Waals surface area contributed by atoms with Gasteiger partial charge in [-0.05, 0) is 31.2 Å². The zero-order chi connectivity index (χ0) is 35.1. The maximum absolute atomic E-state index is 13.4. The second-order valence-electron chi connectivity index (χ2n) is 10.9. The summed E-state index contributed by atoms with van der Waals surface area (Å²) >= 11 is 0. The Hall–Kier alpha value is -5.10. The average molecular weight is 664 g/mol. The van der Waals surface area contributed by atoms with E-state index in [4.69, 9.17) is 16.6 Å². The van der Waals surface area contributed by atoms with Crippen molar-refractivity contribution in [2.45, 2.75) is 75.2 Å². The van der Waals surface area contributed by atoms with Crippen molar-refractivity contribution in [3.63, 3.8) is 0 Å². The van der Waals surface area contributed by atoms with Crippen molar-refractivity contribution < 1.29 is 53.7 Å². The van der Waals surface area contributed by atoms with Crippen LogP contribution in [0.2, 0.25) is 0 Å². The van der Waals surface area contributed by atoms with Crippen LogP contribution in [-0.4, -0.2) is 118 Å². The summed E-state index contributed by atoms with van der Waals surface area (Å²) in [6, 6.07) is 1.76. The van der Waals surface area contributed by atoms with Gasteiger partial charge >= 0.3 is 11.9 Å². The van der Waals surface area contributed by atoms with Gasteiger partial charge in [0.15, 0.2) is 0 Å². The van der Waals surface area contributed by atoms with E-state index >= 15 is 0 Å². The van der Waals surface area contributed by atoms with Crippen LogP contribution in [0.1, 0.15) is 44.1 Å². The summed E-state index contributed by atoms with van der Waals surface area (Å²) in [4.78, 5) is 99.5. The monoisotopic (exact) mass is 663 g/mol. The van der Waals surface area contributed by atoms with Crippen molar-refractivity contribution in [3.05, 3.63) is 35.9 Å². The van der Waals surface area contributed by atoms with Gasteiger partial charge in [0.2, 0.25) is 35.4 Å². The molecule has 0 bridgehead atoms. The summed E-state index contributed by atoms with van der Waals surface area (Å²) in [7, 11) is 0. The third-order valence-corrected chi connectivity index (χ3v) is 7.32. The fraction of sp³-hybridized carbons (Fsp3) is 0.517. The van der Waals surface area contributed by atoms with E-state index in [9.17, 15) is 48.6 Å². The molecule has 1 heterocycles. The number of hydrogen-bond donors (Lipinski definition) is 9. The Morgan fingerprint density at radius 1 is 0.830 bits per heavy atom. The Balaban J connectivity index is 2.14. The first kappa shape index (κ1) is 38.1. The van der Waals surface area contributed by atoms with E-state index in [1.54, 1.807) is 30.3 Å². The van der Waals surface area contributed by atoms with E-state index < -0.39 is 97.2 Å². The predicted octanol–water partition coefficient (Wildman–Crippen LogP) is -3.67. The van der Waals surface area contributed by atoms with Crippen LogP contribution in [0.15, 0.2) is 30.3 Å². The summed E-state index contributed by atoms with van der Waals surface area (Å²) in [5.74, 6) is -7.53. The average Bonchev–Trinajstić information content (AvgIpc) is 3.53. The summed E-state index contributed by atoms with van der Waals surface area (Å²) in [5.41, 5.74) is 11.6. The van der Waals surface area contributed by atoms with Crippen molar-refractivity contribution in [2.24, 2.45) is 11.5 Å². The summed E-state index contributed by atoms with van der Waals surface area (Å²) in [6.45, 7) is -1.34. The van der Waals surface area contributed by atoms with Gasteiger partial charge in [0.25, 0.3) is 0 Å². The molecule has 0 unspecified atom stereocenters. The van der Waals surface area contributed by atoms with Crippen LogP contribution in [0.3, 0.4) is 0 Å². The van der Waals surface area contributed by atoms with Crippen LogP contribution in [-0.2, 0) is 44.8 Å². The molecule has 0 aliphatic carbocycles. The molecule has 6 amide bonds. The number of amides is 6. The van der Waals surface area contributed by atoms with Crippen LogP contribution < -0.4 is 32.7 Å². The molecule has 18 nitrogen and oxygen atoms in total. The zero-order valence-corrected chi connectivity index (χ0v) is 25.6. The van der Waals surface area contributed by atoms with Gasteiger partial charge < -0.3 is 53.0 Å². The number of benzene rings is 1. The molecule has 0 aromatic heterocycles. The molecule has 47 heavy (non-hydrogen) atoms. The number of carboxylic acids is 2. The molecule has 0 spiro atoms. The topological polar surface area (TPSA) is 301 Å². The Bertz CT molecular complexity index is 1310. The van der Waals surface area contributed by atoms with Gasteiger partial charge in [-0.15, -0.1) is 0 Å². The van der Waals surface area contributed by atoms with Crippen molar-refractivity contribution in [1.82, 2.24) is 26.2 Å². The van der Waals surface area contributed by atoms with Gasteiger partial charge in [-0.1, -0.05) is 30.3 Å². The van der Waals surface area contributed by atoms with Crippen LogP contribution in [0.4, 0.5) is 0 Å². The van der Waals surface area contributed by atoms with Crippen LogP contribution >= 0.6 is 0 Å². The van der Waals surface area contributed by atoms with Crippen molar-refractivity contribution in [2.75, 3.05) is 19.7 Å². The second kappa shape index (κ2) is 18.8. The third kappa shape index (κ3) is 12.7. The molecule has 0 radical (unpaired) electrons. The summed E-state index contributed by atoms with van der Waals surface area (Å²) in [6.07, 6.45) is -0.648. The minimum Gasteiger partial charge on any atom is -0.481 e. The van der Waals surface area contributed by atoms with Gasteiger partial charge in [0, 0.05) is 25.8 Å². The highest BCUT2D eigenvalue weighted by molar-refractivity contribution is 5.96. The molecule has 2 rings (SSSR count). The van der Waals surface area contributed by atoms with E-state index in [1.165, 1.54) is 0 Å². The molecular formula is C29H41N7O11. The Morgan fingerprint density at radius 3 is 2.04 bits per heavy atom. The summed E-state index contributed by atoms with van der Waals surface area (Å²) < 4.78 is 0. The number of aliphatic hydroxyl groups excluding tert-OH is 1. The number of nitrogens with two attached hydrogens (primary N) is 2. The largest absolute Gasteiger partial charge is 0.481 e. The standard InChI is InChI=1S/C29H41N7O11/c30-17(8-11-24(40)41)25(42)34-19(13-16-5-2-1-3-6-16)28(45)33-18(9-10-22(31)38)27(44)35-20(15-37)26(43)32-14-23(39)36-12-4-7-21(36)29(46)47/h1-3,5-6,17-21,37H,4,7-15,30H2,(H2,31,38)(H,32,43)(H,33,45)(H,34,42)(H,35,44)(H,40,41)(H,46,47)/t17-,18-,19-,20-,21-/m0/s1. The Labute approximate surface area is 269 Å². The normalized spacial score (nSPS) is 16.6. The quantitative estimate of drug-likeness (QED) is 0.0692. The number of carbonyl (C=O) groups excluding carboxylic acids is 6. The highest BCUT2D eigenvalue weighted by atomic mass is 16.4. The SMILES string of the molecule is NC(=O)CC[C@H](NC(=O)[C@H](Cc1ccccc1)NC(=O)[C@@H](N)CCC(=O)O)C(=O)N[C@@H](CO)C(=O)NCC(=O)N1CCC[C@H]1C(=O)O. The molecule has 11 N–H and O–H groups in total. The first-order valence-corrected chi connectivity index (χ1v) is 14.8. The second-order valence-corrected chi connectivity index (χ2v) is 10.9. The van der Waals surface area contributed by atoms with Crippen LogP contribution in [0.25, 0.3) is 0 Å². The van der Waals surface area contributed by atoms with E-state index in [1.807, 2.05) is 0 Å². The van der Waals surface area contributed by atoms with Gasteiger partial charge in [-0.25, -0.2) is 4.79 Å². The maximum atomic E-state index is 13.4. The zero-order valence-electron chi connectivity index (χ0n) is 25.6. The summed E-state index contributed by atoms with van der Waals surface area (Å²) in [5, 5.41) is 37.3. The number of aliphatic carboxylic acids is 2. The Morgan fingerprint density at radius 2 is 1.45 bits per heavy atom. The molecule has 1 aromatic rings. The molecule has 1 saturated heterocycles. The van der Waals surface area contributed by atoms with Crippen LogP contribution in [0, 0.1) is 0 Å². The molecular weight excluding hydrogens is 622 g/mol. The molecule has 18 heteroatoms. The van der Waals surface area contributed by atoms with Crippen LogP contribution in [0.5, 0.6) is 0 Å². The molecule has 0 saturated carbocycles. The number of hydrogen-bond acceptors (Lipinski definition) is 10. The number of carboxylic acid groups (broad SMARTS) is 2. The molecule has 5 atom stereocenters. The van der Waals surface area contributed by atoms with E-state index in [-0.39, 0.29) is 38.6 Å². The lowest BCUT2D eigenvalue weighted by molar-refractivity contribution is -0.148. The first-order valence-electron chi connectivity index (χ1n) is 14.8.